The van der Waals surface area contributed by atoms with Crippen LogP contribution in [-0.2, 0) is 4.74 Å². The van der Waals surface area contributed by atoms with Gasteiger partial charge in [-0.05, 0) is 25.0 Å². The van der Waals surface area contributed by atoms with E-state index in [4.69, 9.17) is 16.3 Å². The van der Waals surface area contributed by atoms with Crippen LogP contribution in [0.4, 0.5) is 0 Å². The maximum Gasteiger partial charge on any atom is 0.165 e. The molecular weight excluding hydrogens is 224 g/mol. The van der Waals surface area contributed by atoms with Crippen molar-refractivity contribution in [2.45, 2.75) is 20.3 Å². The molecule has 0 saturated heterocycles. The first kappa shape index (κ1) is 13.2. The Morgan fingerprint density at radius 2 is 2.19 bits per heavy atom. The summed E-state index contributed by atoms with van der Waals surface area (Å²) >= 11 is 5.99. The number of ketones is 1. The van der Waals surface area contributed by atoms with Gasteiger partial charge in [0.15, 0.2) is 5.78 Å². The van der Waals surface area contributed by atoms with Crippen LogP contribution in [0.15, 0.2) is 18.2 Å². The van der Waals surface area contributed by atoms with Gasteiger partial charge in [0, 0.05) is 30.2 Å². The second-order valence-electron chi connectivity index (χ2n) is 4.01. The monoisotopic (exact) mass is 240 g/mol. The molecule has 0 N–H and O–H groups in total. The maximum absolute atomic E-state index is 12.0. The Hall–Kier alpha value is -0.860. The molecule has 1 atom stereocenters. The van der Waals surface area contributed by atoms with E-state index in [1.54, 1.807) is 13.2 Å². The molecule has 0 spiro atoms. The van der Waals surface area contributed by atoms with Crippen molar-refractivity contribution in [2.75, 3.05) is 13.7 Å². The zero-order valence-corrected chi connectivity index (χ0v) is 10.7. The normalized spacial score (nSPS) is 12.5. The van der Waals surface area contributed by atoms with Crippen molar-refractivity contribution in [1.82, 2.24) is 0 Å². The van der Waals surface area contributed by atoms with Crippen molar-refractivity contribution < 1.29 is 9.53 Å². The standard InChI is InChI=1S/C13H17ClO2/c1-9-4-5-11(8-12(9)14)13(15)10(2)6-7-16-3/h4-5,8,10H,6-7H2,1-3H3. The van der Waals surface area contributed by atoms with Crippen LogP contribution in [-0.4, -0.2) is 19.5 Å². The van der Waals surface area contributed by atoms with Crippen molar-refractivity contribution in [3.8, 4) is 0 Å². The molecule has 0 bridgehead atoms. The van der Waals surface area contributed by atoms with Crippen LogP contribution in [0, 0.1) is 12.8 Å². The molecule has 0 fully saturated rings. The lowest BCUT2D eigenvalue weighted by molar-refractivity contribution is 0.0893. The van der Waals surface area contributed by atoms with Gasteiger partial charge in [0.2, 0.25) is 0 Å². The van der Waals surface area contributed by atoms with Crippen molar-refractivity contribution in [2.24, 2.45) is 5.92 Å². The molecule has 0 radical (unpaired) electrons. The molecule has 0 aliphatic rings. The zero-order valence-electron chi connectivity index (χ0n) is 9.92. The number of hydrogen-bond acceptors (Lipinski definition) is 2. The predicted molar refractivity (Wildman–Crippen MR) is 66.2 cm³/mol. The van der Waals surface area contributed by atoms with Gasteiger partial charge in [-0.3, -0.25) is 4.79 Å². The summed E-state index contributed by atoms with van der Waals surface area (Å²) in [5, 5.41) is 0.643. The van der Waals surface area contributed by atoms with Crippen LogP contribution in [0.1, 0.15) is 29.3 Å². The summed E-state index contributed by atoms with van der Waals surface area (Å²) in [6.07, 6.45) is 0.737. The number of hydrogen-bond donors (Lipinski definition) is 0. The molecule has 1 unspecified atom stereocenters. The van der Waals surface area contributed by atoms with Gasteiger partial charge < -0.3 is 4.74 Å². The third kappa shape index (κ3) is 3.32. The van der Waals surface area contributed by atoms with E-state index in [0.717, 1.165) is 12.0 Å². The molecule has 0 aromatic heterocycles. The first-order valence-electron chi connectivity index (χ1n) is 5.35. The average Bonchev–Trinajstić information content (AvgIpc) is 2.28. The smallest absolute Gasteiger partial charge is 0.165 e. The third-order valence-corrected chi connectivity index (χ3v) is 3.07. The van der Waals surface area contributed by atoms with Crippen LogP contribution in [0.2, 0.25) is 5.02 Å². The van der Waals surface area contributed by atoms with Gasteiger partial charge in [-0.15, -0.1) is 0 Å². The summed E-state index contributed by atoms with van der Waals surface area (Å²) in [5.41, 5.74) is 1.67. The van der Waals surface area contributed by atoms with Crippen LogP contribution >= 0.6 is 11.6 Å². The summed E-state index contributed by atoms with van der Waals surface area (Å²) in [6, 6.07) is 5.44. The fourth-order valence-corrected chi connectivity index (χ4v) is 1.64. The van der Waals surface area contributed by atoms with Gasteiger partial charge in [0.05, 0.1) is 0 Å². The van der Waals surface area contributed by atoms with Crippen LogP contribution in [0.5, 0.6) is 0 Å². The predicted octanol–water partition coefficient (Wildman–Crippen LogP) is 3.50. The summed E-state index contributed by atoms with van der Waals surface area (Å²) < 4.78 is 4.96. The lowest BCUT2D eigenvalue weighted by Gasteiger charge is -2.10. The molecule has 2 nitrogen and oxygen atoms in total. The SMILES string of the molecule is COCCC(C)C(=O)c1ccc(C)c(Cl)c1. The molecule has 3 heteroatoms. The molecular formula is C13H17ClO2. The molecule has 0 aliphatic heterocycles. The minimum absolute atomic E-state index is 0.0290. The second-order valence-corrected chi connectivity index (χ2v) is 4.42. The van der Waals surface area contributed by atoms with Gasteiger partial charge in [0.1, 0.15) is 0 Å². The number of methoxy groups -OCH3 is 1. The van der Waals surface area contributed by atoms with E-state index in [0.29, 0.717) is 17.2 Å². The zero-order chi connectivity index (χ0) is 12.1. The lowest BCUT2D eigenvalue weighted by atomic mass is 9.96. The van der Waals surface area contributed by atoms with Crippen molar-refractivity contribution in [3.63, 3.8) is 0 Å². The fourth-order valence-electron chi connectivity index (χ4n) is 1.46. The average molecular weight is 241 g/mol. The number of carbonyl (C=O) groups is 1. The number of benzene rings is 1. The van der Waals surface area contributed by atoms with E-state index < -0.39 is 0 Å². The van der Waals surface area contributed by atoms with E-state index >= 15 is 0 Å². The fraction of sp³-hybridized carbons (Fsp3) is 0.462. The van der Waals surface area contributed by atoms with Gasteiger partial charge in [-0.25, -0.2) is 0 Å². The molecule has 0 heterocycles. The van der Waals surface area contributed by atoms with Crippen molar-refractivity contribution in [3.05, 3.63) is 34.3 Å². The number of halogens is 1. The van der Waals surface area contributed by atoms with E-state index in [1.807, 2.05) is 26.0 Å². The number of Topliss-reactive ketones (excluding diaryl/α,β-unsaturated/α-hetero) is 1. The van der Waals surface area contributed by atoms with Crippen molar-refractivity contribution >= 4 is 17.4 Å². The van der Waals surface area contributed by atoms with Crippen LogP contribution in [0.3, 0.4) is 0 Å². The van der Waals surface area contributed by atoms with Crippen molar-refractivity contribution in [1.29, 1.82) is 0 Å². The maximum atomic E-state index is 12.0. The van der Waals surface area contributed by atoms with Gasteiger partial charge in [0.25, 0.3) is 0 Å². The highest BCUT2D eigenvalue weighted by Gasteiger charge is 2.15. The highest BCUT2D eigenvalue weighted by molar-refractivity contribution is 6.31. The summed E-state index contributed by atoms with van der Waals surface area (Å²) in [6.45, 7) is 4.44. The van der Waals surface area contributed by atoms with Gasteiger partial charge >= 0.3 is 0 Å². The lowest BCUT2D eigenvalue weighted by Crippen LogP contribution is -2.13. The molecule has 1 aromatic carbocycles. The molecule has 1 rings (SSSR count). The van der Waals surface area contributed by atoms with Gasteiger partial charge in [-0.2, -0.15) is 0 Å². The highest BCUT2D eigenvalue weighted by atomic mass is 35.5. The first-order chi connectivity index (χ1) is 7.56. The minimum atomic E-state index is -0.0290. The molecule has 0 saturated carbocycles. The number of ether oxygens (including phenoxy) is 1. The Morgan fingerprint density at radius 1 is 1.50 bits per heavy atom. The van der Waals surface area contributed by atoms with Crippen LogP contribution < -0.4 is 0 Å². The topological polar surface area (TPSA) is 26.3 Å². The Morgan fingerprint density at radius 3 is 2.75 bits per heavy atom. The number of aryl methyl sites for hydroxylation is 1. The Labute approximate surface area is 102 Å². The Bertz CT molecular complexity index is 374. The third-order valence-electron chi connectivity index (χ3n) is 2.66. The van der Waals surface area contributed by atoms with E-state index in [1.165, 1.54) is 0 Å². The summed E-state index contributed by atoms with van der Waals surface area (Å²) in [7, 11) is 1.64. The molecule has 88 valence electrons. The first-order valence-corrected chi connectivity index (χ1v) is 5.73. The van der Waals surface area contributed by atoms with E-state index in [-0.39, 0.29) is 11.7 Å². The molecule has 0 amide bonds. The van der Waals surface area contributed by atoms with Crippen LogP contribution in [0.25, 0.3) is 0 Å². The Kier molecular flexibility index (Phi) is 4.97. The minimum Gasteiger partial charge on any atom is -0.385 e. The number of carbonyl (C=O) groups excluding carboxylic acids is 1. The van der Waals surface area contributed by atoms with E-state index in [9.17, 15) is 4.79 Å². The summed E-state index contributed by atoms with van der Waals surface area (Å²) in [5.74, 6) is 0.0951. The molecule has 1 aromatic rings. The molecule has 16 heavy (non-hydrogen) atoms. The largest absolute Gasteiger partial charge is 0.385 e. The number of rotatable bonds is 5. The summed E-state index contributed by atoms with van der Waals surface area (Å²) in [4.78, 5) is 12.0. The highest BCUT2D eigenvalue weighted by Crippen LogP contribution is 2.19. The van der Waals surface area contributed by atoms with E-state index in [2.05, 4.69) is 0 Å². The quantitative estimate of drug-likeness (QED) is 0.737. The second kappa shape index (κ2) is 6.02. The van der Waals surface area contributed by atoms with Gasteiger partial charge in [-0.1, -0.05) is 30.7 Å². The Balaban J connectivity index is 2.76. The molecule has 0 aliphatic carbocycles.